The number of allylic oxidation sites excluding steroid dienone is 4. The lowest BCUT2D eigenvalue weighted by Crippen LogP contribution is -2.60. The maximum atomic E-state index is 13.1. The monoisotopic (exact) mass is 1010 g/mol. The molecule has 1 heterocycles. The van der Waals surface area contributed by atoms with Crippen LogP contribution in [-0.4, -0.2) is 87.5 Å². The van der Waals surface area contributed by atoms with Gasteiger partial charge in [0.05, 0.1) is 25.4 Å². The fraction of sp³-hybridized carbons (Fsp3) is 0.919. The van der Waals surface area contributed by atoms with Crippen molar-refractivity contribution in [3.05, 3.63) is 24.3 Å². The first kappa shape index (κ1) is 67.7. The third kappa shape index (κ3) is 41.6. The molecule has 9 heteroatoms. The zero-order chi connectivity index (χ0) is 51.5. The van der Waals surface area contributed by atoms with Gasteiger partial charge in [-0.15, -0.1) is 0 Å². The fourth-order valence-corrected chi connectivity index (χ4v) is 10.1. The Labute approximate surface area is 439 Å². The van der Waals surface area contributed by atoms with Crippen molar-refractivity contribution in [3.8, 4) is 0 Å². The van der Waals surface area contributed by atoms with E-state index in [1.165, 1.54) is 238 Å². The van der Waals surface area contributed by atoms with Crippen molar-refractivity contribution < 1.29 is 39.8 Å². The molecular weight excluding hydrogens is 887 g/mol. The summed E-state index contributed by atoms with van der Waals surface area (Å²) in [5.41, 5.74) is 0. The van der Waals surface area contributed by atoms with Gasteiger partial charge >= 0.3 is 0 Å². The number of carbonyl (C=O) groups excluding carboxylic acids is 1. The van der Waals surface area contributed by atoms with Crippen LogP contribution in [0, 0.1) is 0 Å². The number of carbonyl (C=O) groups is 1. The van der Waals surface area contributed by atoms with E-state index in [9.17, 15) is 30.3 Å². The van der Waals surface area contributed by atoms with Gasteiger partial charge in [-0.05, 0) is 44.9 Å². The highest BCUT2D eigenvalue weighted by molar-refractivity contribution is 5.76. The van der Waals surface area contributed by atoms with E-state index in [0.717, 1.165) is 44.9 Å². The highest BCUT2D eigenvalue weighted by atomic mass is 16.7. The summed E-state index contributed by atoms with van der Waals surface area (Å²) in [4.78, 5) is 13.1. The van der Waals surface area contributed by atoms with Gasteiger partial charge in [0.1, 0.15) is 24.4 Å². The third-order valence-electron chi connectivity index (χ3n) is 15.1. The predicted octanol–water partition coefficient (Wildman–Crippen LogP) is 15.7. The average Bonchev–Trinajstić information content (AvgIpc) is 3.37. The Kier molecular flexibility index (Phi) is 49.7. The molecule has 6 N–H and O–H groups in total. The van der Waals surface area contributed by atoms with E-state index >= 15 is 0 Å². The van der Waals surface area contributed by atoms with Crippen molar-refractivity contribution >= 4 is 5.91 Å². The molecule has 1 fully saturated rings. The summed E-state index contributed by atoms with van der Waals surface area (Å²) in [6.45, 7) is 3.86. The zero-order valence-electron chi connectivity index (χ0n) is 46.8. The summed E-state index contributed by atoms with van der Waals surface area (Å²) in [6.07, 6.45) is 59.5. The first-order chi connectivity index (χ1) is 34.8. The lowest BCUT2D eigenvalue weighted by Gasteiger charge is -2.40. The number of rotatable bonds is 54. The Morgan fingerprint density at radius 3 is 1.21 bits per heavy atom. The molecule has 0 aromatic rings. The molecule has 7 unspecified atom stereocenters. The van der Waals surface area contributed by atoms with Crippen LogP contribution in [0.3, 0.4) is 0 Å². The van der Waals surface area contributed by atoms with Crippen molar-refractivity contribution in [1.29, 1.82) is 0 Å². The molecule has 1 saturated heterocycles. The lowest BCUT2D eigenvalue weighted by molar-refractivity contribution is -0.302. The van der Waals surface area contributed by atoms with Gasteiger partial charge in [0.2, 0.25) is 5.91 Å². The molecule has 0 bridgehead atoms. The van der Waals surface area contributed by atoms with Crippen LogP contribution in [0.25, 0.3) is 0 Å². The van der Waals surface area contributed by atoms with Crippen LogP contribution in [0.5, 0.6) is 0 Å². The number of nitrogens with one attached hydrogen (secondary N) is 1. The molecule has 1 aliphatic rings. The van der Waals surface area contributed by atoms with Gasteiger partial charge in [0.25, 0.3) is 0 Å². The minimum absolute atomic E-state index is 0.134. The van der Waals surface area contributed by atoms with Crippen LogP contribution < -0.4 is 5.32 Å². The molecule has 0 saturated carbocycles. The second-order valence-corrected chi connectivity index (χ2v) is 21.9. The maximum absolute atomic E-state index is 13.1. The number of aliphatic hydroxyl groups is 5. The Morgan fingerprint density at radius 1 is 0.479 bits per heavy atom. The van der Waals surface area contributed by atoms with Gasteiger partial charge in [-0.25, -0.2) is 0 Å². The third-order valence-corrected chi connectivity index (χ3v) is 15.1. The smallest absolute Gasteiger partial charge is 0.220 e. The Bertz CT molecular complexity index is 1170. The molecule has 1 rings (SSSR count). The van der Waals surface area contributed by atoms with E-state index in [2.05, 4.69) is 43.5 Å². The van der Waals surface area contributed by atoms with E-state index in [1.807, 2.05) is 0 Å². The molecule has 0 radical (unpaired) electrons. The molecule has 0 aromatic heterocycles. The number of hydrogen-bond donors (Lipinski definition) is 6. The minimum Gasteiger partial charge on any atom is -0.394 e. The molecule has 1 aliphatic heterocycles. The van der Waals surface area contributed by atoms with E-state index in [0.29, 0.717) is 12.8 Å². The Balaban J connectivity index is 2.06. The van der Waals surface area contributed by atoms with Crippen molar-refractivity contribution in [2.45, 2.75) is 352 Å². The molecule has 0 spiro atoms. The van der Waals surface area contributed by atoms with Gasteiger partial charge in [0, 0.05) is 6.42 Å². The Hall–Kier alpha value is -1.33. The normalized spacial score (nSPS) is 19.3. The minimum atomic E-state index is -1.55. The summed E-state index contributed by atoms with van der Waals surface area (Å²) in [6, 6.07) is -0.716. The number of aliphatic hydroxyl groups excluding tert-OH is 5. The number of unbranched alkanes of at least 4 members (excludes halogenated alkanes) is 40. The highest BCUT2D eigenvalue weighted by Gasteiger charge is 2.44. The van der Waals surface area contributed by atoms with Gasteiger partial charge in [-0.1, -0.05) is 282 Å². The van der Waals surface area contributed by atoms with Crippen LogP contribution in [0.15, 0.2) is 24.3 Å². The van der Waals surface area contributed by atoms with Crippen LogP contribution >= 0.6 is 0 Å². The SMILES string of the molecule is CCCCCCCCCCCCC/C=C\C/C=C\CCCCCCCCCCCCCCCCCCCC(=O)NC(COC1OC(CO)C(O)C(O)C1O)C(O)CCCCCCCCCCCCCCC. The number of ether oxygens (including phenoxy) is 2. The highest BCUT2D eigenvalue weighted by Crippen LogP contribution is 2.23. The summed E-state index contributed by atoms with van der Waals surface area (Å²) in [7, 11) is 0. The Morgan fingerprint density at radius 2 is 0.831 bits per heavy atom. The van der Waals surface area contributed by atoms with E-state index < -0.39 is 49.5 Å². The zero-order valence-corrected chi connectivity index (χ0v) is 46.8. The molecule has 1 amide bonds. The predicted molar refractivity (Wildman–Crippen MR) is 300 cm³/mol. The van der Waals surface area contributed by atoms with E-state index in [4.69, 9.17) is 9.47 Å². The first-order valence-electron chi connectivity index (χ1n) is 31.0. The largest absolute Gasteiger partial charge is 0.394 e. The summed E-state index contributed by atoms with van der Waals surface area (Å²) in [5, 5.41) is 54.6. The maximum Gasteiger partial charge on any atom is 0.220 e. The first-order valence-corrected chi connectivity index (χ1v) is 31.0. The van der Waals surface area contributed by atoms with Crippen LogP contribution in [-0.2, 0) is 14.3 Å². The lowest BCUT2D eigenvalue weighted by atomic mass is 9.99. The molecule has 9 nitrogen and oxygen atoms in total. The van der Waals surface area contributed by atoms with Crippen molar-refractivity contribution in [1.82, 2.24) is 5.32 Å². The van der Waals surface area contributed by atoms with Crippen LogP contribution in [0.1, 0.15) is 309 Å². The van der Waals surface area contributed by atoms with Crippen LogP contribution in [0.4, 0.5) is 0 Å². The second kappa shape index (κ2) is 52.1. The molecule has 420 valence electrons. The fourth-order valence-electron chi connectivity index (χ4n) is 10.1. The summed E-state index contributed by atoms with van der Waals surface area (Å²) >= 11 is 0. The summed E-state index contributed by atoms with van der Waals surface area (Å²) in [5.74, 6) is -0.140. The van der Waals surface area contributed by atoms with Gasteiger partial charge in [0.15, 0.2) is 6.29 Å². The molecule has 0 aliphatic carbocycles. The quantitative estimate of drug-likeness (QED) is 0.0261. The molecule has 7 atom stereocenters. The second-order valence-electron chi connectivity index (χ2n) is 21.9. The van der Waals surface area contributed by atoms with Gasteiger partial charge in [-0.3, -0.25) is 4.79 Å². The molecule has 0 aromatic carbocycles. The number of hydrogen-bond acceptors (Lipinski definition) is 8. The topological polar surface area (TPSA) is 149 Å². The number of amides is 1. The molecule has 71 heavy (non-hydrogen) atoms. The van der Waals surface area contributed by atoms with Crippen molar-refractivity contribution in [2.24, 2.45) is 0 Å². The molecular formula is C62H119NO8. The van der Waals surface area contributed by atoms with Crippen molar-refractivity contribution in [3.63, 3.8) is 0 Å². The van der Waals surface area contributed by atoms with Crippen LogP contribution in [0.2, 0.25) is 0 Å². The van der Waals surface area contributed by atoms with E-state index in [-0.39, 0.29) is 12.5 Å². The standard InChI is InChI=1S/C62H119NO8/c1-3-5-7-9-11-13-15-17-18-19-20-21-22-23-24-25-26-27-28-29-30-31-32-33-34-35-36-37-38-40-42-44-46-48-50-52-58(66)63-55(54-70-62-61(69)60(68)59(67)57(53-64)71-62)56(65)51-49-47-45-43-41-39-16-14-12-10-8-6-4-2/h22-23,25-26,55-57,59-62,64-65,67-69H,3-21,24,27-54H2,1-2H3,(H,63,66)/b23-22-,26-25-. The van der Waals surface area contributed by atoms with Gasteiger partial charge in [-0.2, -0.15) is 0 Å². The average molecular weight is 1010 g/mol. The van der Waals surface area contributed by atoms with Gasteiger partial charge < -0.3 is 40.3 Å². The summed E-state index contributed by atoms with van der Waals surface area (Å²) < 4.78 is 11.3. The van der Waals surface area contributed by atoms with E-state index in [1.54, 1.807) is 0 Å². The van der Waals surface area contributed by atoms with Crippen molar-refractivity contribution in [2.75, 3.05) is 13.2 Å².